The molecule has 0 spiro atoms. The summed E-state index contributed by atoms with van der Waals surface area (Å²) in [5, 5.41) is 6.60. The van der Waals surface area contributed by atoms with Crippen LogP contribution in [0.3, 0.4) is 0 Å². The van der Waals surface area contributed by atoms with E-state index >= 15 is 0 Å². The van der Waals surface area contributed by atoms with Crippen LogP contribution in [0.2, 0.25) is 0 Å². The number of allylic oxidation sites excluding steroid dienone is 8. The van der Waals surface area contributed by atoms with Gasteiger partial charge in [0.05, 0.1) is 34.2 Å². The smallest absolute Gasteiger partial charge is 0.664 e. The molecule has 7 heteroatoms. The van der Waals surface area contributed by atoms with Crippen LogP contribution in [-0.4, -0.2) is 17.1 Å². The van der Waals surface area contributed by atoms with Gasteiger partial charge in [-0.15, -0.1) is 16.4 Å². The summed E-state index contributed by atoms with van der Waals surface area (Å²) < 4.78 is 0.997. The van der Waals surface area contributed by atoms with Crippen molar-refractivity contribution in [2.75, 3.05) is 0 Å². The van der Waals surface area contributed by atoms with Crippen LogP contribution in [0.15, 0.2) is 236 Å². The number of rotatable bonds is 6. The van der Waals surface area contributed by atoms with E-state index in [9.17, 15) is 0 Å². The number of fused-ring (bicyclic) bond motifs is 5. The maximum atomic E-state index is 5.54. The molecule has 6 aromatic rings. The minimum Gasteiger partial charge on any atom is -0.664 e. The predicted octanol–water partition coefficient (Wildman–Crippen LogP) is 10.6. The molecule has 5 aromatic carbocycles. The summed E-state index contributed by atoms with van der Waals surface area (Å²) in [7, 11) is 0. The third kappa shape index (κ3) is 7.11. The first-order valence-electron chi connectivity index (χ1n) is 18.8. The molecule has 5 heterocycles. The third-order valence-corrected chi connectivity index (χ3v) is 10.7. The fourth-order valence-electron chi connectivity index (χ4n) is 7.56. The summed E-state index contributed by atoms with van der Waals surface area (Å²) in [6.07, 6.45) is 12.4. The quantitative estimate of drug-likeness (QED) is 0.154. The summed E-state index contributed by atoms with van der Waals surface area (Å²) >= 11 is 3.56. The van der Waals surface area contributed by atoms with Crippen molar-refractivity contribution >= 4 is 61.0 Å². The maximum Gasteiger partial charge on any atom is 2.00 e. The van der Waals surface area contributed by atoms with Crippen molar-refractivity contribution in [2.45, 2.75) is 0 Å². The largest absolute Gasteiger partial charge is 2.00 e. The molecule has 58 heavy (non-hydrogen) atoms. The van der Waals surface area contributed by atoms with Crippen LogP contribution in [0.4, 0.5) is 5.69 Å². The van der Waals surface area contributed by atoms with Gasteiger partial charge in [-0.05, 0) is 81.5 Å². The molecule has 278 valence electrons. The second-order valence-corrected chi connectivity index (χ2v) is 14.7. The molecule has 0 saturated heterocycles. The number of hydrogen-bond donors (Lipinski definition) is 0. The molecule has 0 amide bonds. The van der Waals surface area contributed by atoms with E-state index in [1.807, 2.05) is 54.7 Å². The monoisotopic (exact) mass is 851 g/mol. The van der Waals surface area contributed by atoms with Gasteiger partial charge < -0.3 is 10.3 Å². The molecule has 0 atom stereocenters. The van der Waals surface area contributed by atoms with Gasteiger partial charge in [0.25, 0.3) is 0 Å². The molecule has 0 aliphatic carbocycles. The van der Waals surface area contributed by atoms with E-state index in [2.05, 4.69) is 156 Å². The van der Waals surface area contributed by atoms with Crippen molar-refractivity contribution in [1.29, 1.82) is 0 Å². The van der Waals surface area contributed by atoms with Gasteiger partial charge >= 0.3 is 16.5 Å². The molecular weight excluding hydrogens is 821 g/mol. The van der Waals surface area contributed by atoms with Crippen molar-refractivity contribution in [3.8, 4) is 0 Å². The summed E-state index contributed by atoms with van der Waals surface area (Å²) in [6.45, 7) is 0. The van der Waals surface area contributed by atoms with Crippen molar-refractivity contribution in [3.63, 3.8) is 0 Å². The van der Waals surface area contributed by atoms with Crippen molar-refractivity contribution in [1.82, 2.24) is 4.98 Å². The fourth-order valence-corrected chi connectivity index (χ4v) is 7.82. The Bertz CT molecular complexity index is 2980. The Hall–Kier alpha value is -6.66. The zero-order chi connectivity index (χ0) is 38.1. The summed E-state index contributed by atoms with van der Waals surface area (Å²) in [5.41, 5.74) is 14.4. The predicted molar refractivity (Wildman–Crippen MR) is 238 cm³/mol. The van der Waals surface area contributed by atoms with Crippen LogP contribution in [0.5, 0.6) is 0 Å². The summed E-state index contributed by atoms with van der Waals surface area (Å²) in [4.78, 5) is 21.7. The van der Waals surface area contributed by atoms with Crippen LogP contribution in [0.1, 0.15) is 22.3 Å². The Kier molecular flexibility index (Phi) is 10.2. The molecule has 1 aromatic heterocycles. The second kappa shape index (κ2) is 16.1. The van der Waals surface area contributed by atoms with E-state index in [-0.39, 0.29) is 16.5 Å². The molecule has 4 aliphatic heterocycles. The van der Waals surface area contributed by atoms with Crippen molar-refractivity contribution < 1.29 is 16.5 Å². The minimum atomic E-state index is 0. The van der Waals surface area contributed by atoms with Gasteiger partial charge in [-0.1, -0.05) is 162 Å². The first-order valence-corrected chi connectivity index (χ1v) is 19.6. The van der Waals surface area contributed by atoms with E-state index in [1.165, 1.54) is 0 Å². The zero-order valence-corrected chi connectivity index (χ0v) is 33.5. The number of hydrogen-bond acceptors (Lipinski definition) is 3. The molecule has 0 unspecified atom stereocenters. The molecule has 0 radical (unpaired) electrons. The number of aliphatic imine (C=N–C) groups is 3. The summed E-state index contributed by atoms with van der Waals surface area (Å²) in [5.74, 6) is 0. The van der Waals surface area contributed by atoms with Crippen LogP contribution in [0.25, 0.3) is 27.6 Å². The molecule has 10 rings (SSSR count). The number of halogens is 1. The van der Waals surface area contributed by atoms with Crippen LogP contribution in [-0.2, 0) is 16.5 Å². The van der Waals surface area contributed by atoms with E-state index < -0.39 is 0 Å². The molecule has 0 N–H and O–H groups in total. The Morgan fingerprint density at radius 3 is 1.50 bits per heavy atom. The molecular formula is C51H32BrN5Ni. The third-order valence-electron chi connectivity index (χ3n) is 10.2. The Balaban J connectivity index is 0.00000436. The van der Waals surface area contributed by atoms with Gasteiger partial charge in [-0.2, -0.15) is 6.20 Å². The van der Waals surface area contributed by atoms with Gasteiger partial charge in [-0.25, -0.2) is 15.0 Å². The SMILES string of the molecule is Brc1ccc([N-]/C=C2/C=C3N=C2C(c2ccccc2)=c2ccc([n-]2)=C(c2ccccc2)C2=NC(=C(c4ccccc4)C4=NC(=C3c3ccccc3)C=C4)C=C2)cc1.[Ni+2]. The Morgan fingerprint density at radius 1 is 0.466 bits per heavy atom. The van der Waals surface area contributed by atoms with E-state index in [1.54, 1.807) is 0 Å². The topological polar surface area (TPSA) is 65.3 Å². The first-order chi connectivity index (χ1) is 28.2. The van der Waals surface area contributed by atoms with E-state index in [4.69, 9.17) is 25.3 Å². The van der Waals surface area contributed by atoms with Crippen molar-refractivity contribution in [2.24, 2.45) is 15.0 Å². The zero-order valence-electron chi connectivity index (χ0n) is 30.9. The fraction of sp³-hybridized carbons (Fsp3) is 0. The maximum absolute atomic E-state index is 5.54. The van der Waals surface area contributed by atoms with Gasteiger partial charge in [-0.3, -0.25) is 0 Å². The Labute approximate surface area is 355 Å². The van der Waals surface area contributed by atoms with E-state index in [0.29, 0.717) is 0 Å². The minimum absolute atomic E-state index is 0. The van der Waals surface area contributed by atoms with Gasteiger partial charge in [0, 0.05) is 15.6 Å². The van der Waals surface area contributed by atoms with Gasteiger partial charge in [0.2, 0.25) is 0 Å². The van der Waals surface area contributed by atoms with Crippen LogP contribution in [0, 0.1) is 0 Å². The standard InChI is InChI=1S/C51H32BrN5.Ni/c52-38-21-23-39(24-22-38)53-32-37-31-46-49(35-17-9-3-10-18-35)44-28-27-42(55-44)47(33-13-5-1-6-14-33)40-25-26-41(54-40)48(34-15-7-2-8-16-34)43-29-30-45(56-43)50(51(37)57-46)36-19-11-4-12-20-36;/h1-32H;/q-2;+2/b37-32-,47-40?,48-43?,49-44?,50-45?;. The number of benzene rings is 5. The average Bonchev–Trinajstić information content (AvgIpc) is 4.10. The average molecular weight is 853 g/mol. The molecule has 4 aliphatic rings. The Morgan fingerprint density at radius 2 is 0.931 bits per heavy atom. The normalized spacial score (nSPS) is 16.3. The summed E-state index contributed by atoms with van der Waals surface area (Å²) in [6, 6.07) is 53.7. The second-order valence-electron chi connectivity index (χ2n) is 13.8. The molecule has 0 fully saturated rings. The van der Waals surface area contributed by atoms with Gasteiger partial charge in [0.1, 0.15) is 0 Å². The van der Waals surface area contributed by atoms with Crippen LogP contribution < -0.4 is 15.7 Å². The van der Waals surface area contributed by atoms with E-state index in [0.717, 1.165) is 105 Å². The molecule has 0 saturated carbocycles. The number of nitrogens with zero attached hydrogens (tertiary/aromatic N) is 5. The van der Waals surface area contributed by atoms with Crippen molar-refractivity contribution in [3.05, 3.63) is 260 Å². The number of aromatic nitrogens is 1. The molecule has 8 bridgehead atoms. The first kappa shape index (κ1) is 37.0. The van der Waals surface area contributed by atoms with Gasteiger partial charge in [0.15, 0.2) is 0 Å². The molecule has 5 nitrogen and oxygen atoms in total. The van der Waals surface area contributed by atoms with Crippen LogP contribution >= 0.6 is 15.9 Å².